The minimum Gasteiger partial charge on any atom is -0.478 e. The molecule has 1 atom stereocenters. The molecule has 1 aromatic carbocycles. The van der Waals surface area contributed by atoms with Crippen molar-refractivity contribution < 1.29 is 24.2 Å². The second-order valence-corrected chi connectivity index (χ2v) is 5.44. The summed E-state index contributed by atoms with van der Waals surface area (Å²) < 4.78 is 4.94. The van der Waals surface area contributed by atoms with Crippen LogP contribution in [0.5, 0.6) is 0 Å². The van der Waals surface area contributed by atoms with Gasteiger partial charge in [0.25, 0.3) is 0 Å². The zero-order chi connectivity index (χ0) is 17.0. The fourth-order valence-corrected chi connectivity index (χ4v) is 2.48. The number of benzene rings is 1. The molecule has 0 spiro atoms. The molecule has 23 heavy (non-hydrogen) atoms. The van der Waals surface area contributed by atoms with Crippen LogP contribution < -0.4 is 0 Å². The number of nitrogens with zero attached hydrogens (tertiary/aromatic N) is 2. The average molecular weight is 339 g/mol. The standard InChI is InChI=1S/C15H15ClN2O5/c1-2-23-14(22)15(7-3-4-12(15)19)18-17-11-8-9(13(20)21)5-6-10(11)16/h5-6,8H,2-4,7H2,1H3,(H,20,21). The number of ketones is 1. The Morgan fingerprint density at radius 1 is 1.43 bits per heavy atom. The lowest BCUT2D eigenvalue weighted by atomic mass is 9.98. The van der Waals surface area contributed by atoms with E-state index in [1.807, 2.05) is 0 Å². The van der Waals surface area contributed by atoms with Crippen LogP contribution in [-0.4, -0.2) is 35.0 Å². The SMILES string of the molecule is CCOC(=O)C1(N=Nc2cc(C(=O)O)ccc2Cl)CCCC1=O. The quantitative estimate of drug-likeness (QED) is 0.504. The summed E-state index contributed by atoms with van der Waals surface area (Å²) in [6.07, 6.45) is 0.949. The summed E-state index contributed by atoms with van der Waals surface area (Å²) in [7, 11) is 0. The van der Waals surface area contributed by atoms with E-state index in [1.54, 1.807) is 6.92 Å². The maximum absolute atomic E-state index is 12.1. The molecule has 0 aliphatic heterocycles. The van der Waals surface area contributed by atoms with Crippen LogP contribution in [0.4, 0.5) is 5.69 Å². The molecule has 122 valence electrons. The van der Waals surface area contributed by atoms with Crippen LogP contribution >= 0.6 is 11.6 Å². The first-order valence-electron chi connectivity index (χ1n) is 7.07. The second-order valence-electron chi connectivity index (χ2n) is 5.03. The summed E-state index contributed by atoms with van der Waals surface area (Å²) in [6.45, 7) is 1.76. The molecular weight excluding hydrogens is 324 g/mol. The van der Waals surface area contributed by atoms with Crippen molar-refractivity contribution in [1.29, 1.82) is 0 Å². The van der Waals surface area contributed by atoms with Gasteiger partial charge in [-0.15, -0.1) is 0 Å². The molecule has 2 rings (SSSR count). The third kappa shape index (κ3) is 3.39. The van der Waals surface area contributed by atoms with Crippen LogP contribution in [-0.2, 0) is 14.3 Å². The molecule has 8 heteroatoms. The lowest BCUT2D eigenvalue weighted by Gasteiger charge is -2.18. The van der Waals surface area contributed by atoms with Gasteiger partial charge in [-0.05, 0) is 38.0 Å². The number of rotatable bonds is 5. The molecule has 1 unspecified atom stereocenters. The van der Waals surface area contributed by atoms with E-state index in [9.17, 15) is 14.4 Å². The highest BCUT2D eigenvalue weighted by atomic mass is 35.5. The largest absolute Gasteiger partial charge is 0.478 e. The monoisotopic (exact) mass is 338 g/mol. The van der Waals surface area contributed by atoms with Crippen LogP contribution in [0.1, 0.15) is 36.5 Å². The van der Waals surface area contributed by atoms with E-state index in [4.69, 9.17) is 21.4 Å². The number of carbonyl (C=O) groups is 3. The number of carbonyl (C=O) groups excluding carboxylic acids is 2. The molecule has 1 aliphatic carbocycles. The summed E-state index contributed by atoms with van der Waals surface area (Å²) >= 11 is 5.96. The van der Waals surface area contributed by atoms with Crippen molar-refractivity contribution >= 4 is 35.0 Å². The number of carboxylic acid groups (broad SMARTS) is 1. The number of Topliss-reactive ketones (excluding diaryl/α,β-unsaturated/α-hetero) is 1. The van der Waals surface area contributed by atoms with Crippen molar-refractivity contribution in [3.05, 3.63) is 28.8 Å². The number of aromatic carboxylic acids is 1. The molecule has 1 N–H and O–H groups in total. The molecule has 1 fully saturated rings. The molecule has 1 aliphatic rings. The van der Waals surface area contributed by atoms with Crippen molar-refractivity contribution in [3.8, 4) is 0 Å². The van der Waals surface area contributed by atoms with Crippen LogP contribution in [0, 0.1) is 0 Å². The van der Waals surface area contributed by atoms with Crippen LogP contribution in [0.2, 0.25) is 5.02 Å². The lowest BCUT2D eigenvalue weighted by Crippen LogP contribution is -2.42. The number of halogens is 1. The van der Waals surface area contributed by atoms with Crippen LogP contribution in [0.15, 0.2) is 28.4 Å². The first-order valence-corrected chi connectivity index (χ1v) is 7.45. The predicted octanol–water partition coefficient (Wildman–Crippen LogP) is 3.18. The highest BCUT2D eigenvalue weighted by Crippen LogP contribution is 2.34. The first-order chi connectivity index (χ1) is 10.9. The average Bonchev–Trinajstić information content (AvgIpc) is 2.88. The maximum Gasteiger partial charge on any atom is 0.343 e. The minimum absolute atomic E-state index is 0.0220. The molecule has 0 amide bonds. The van der Waals surface area contributed by atoms with Crippen LogP contribution in [0.3, 0.4) is 0 Å². The molecule has 0 radical (unpaired) electrons. The van der Waals surface area contributed by atoms with E-state index in [1.165, 1.54) is 18.2 Å². The normalized spacial score (nSPS) is 20.9. The number of carboxylic acids is 1. The molecule has 1 saturated carbocycles. The zero-order valence-electron chi connectivity index (χ0n) is 12.4. The second kappa shape index (κ2) is 6.87. The summed E-state index contributed by atoms with van der Waals surface area (Å²) in [5.74, 6) is -2.24. The molecule has 7 nitrogen and oxygen atoms in total. The smallest absolute Gasteiger partial charge is 0.343 e. The van der Waals surface area contributed by atoms with Gasteiger partial charge in [-0.2, -0.15) is 10.2 Å². The van der Waals surface area contributed by atoms with Crippen molar-refractivity contribution in [2.75, 3.05) is 6.61 Å². The van der Waals surface area contributed by atoms with Gasteiger partial charge in [0.15, 0.2) is 5.78 Å². The van der Waals surface area contributed by atoms with E-state index in [-0.39, 0.29) is 41.5 Å². The first kappa shape index (κ1) is 17.1. The van der Waals surface area contributed by atoms with Gasteiger partial charge in [-0.25, -0.2) is 9.59 Å². The highest BCUT2D eigenvalue weighted by Gasteiger charge is 2.51. The molecule has 0 saturated heterocycles. The number of ether oxygens (including phenoxy) is 1. The zero-order valence-corrected chi connectivity index (χ0v) is 13.2. The molecule has 0 aromatic heterocycles. The van der Waals surface area contributed by atoms with E-state index in [0.29, 0.717) is 6.42 Å². The fourth-order valence-electron chi connectivity index (χ4n) is 2.33. The Kier molecular flexibility index (Phi) is 5.10. The minimum atomic E-state index is -1.65. The third-order valence-electron chi connectivity index (χ3n) is 3.54. The Bertz CT molecular complexity index is 688. The Labute approximate surface area is 137 Å². The Hall–Kier alpha value is -2.28. The number of esters is 1. The maximum atomic E-state index is 12.1. The van der Waals surface area contributed by atoms with Crippen molar-refractivity contribution in [2.45, 2.75) is 31.7 Å². The van der Waals surface area contributed by atoms with Crippen molar-refractivity contribution in [1.82, 2.24) is 0 Å². The van der Waals surface area contributed by atoms with Crippen molar-refractivity contribution in [2.24, 2.45) is 10.2 Å². The van der Waals surface area contributed by atoms with Gasteiger partial charge in [-0.1, -0.05) is 11.6 Å². The van der Waals surface area contributed by atoms with Gasteiger partial charge in [0.05, 0.1) is 17.2 Å². The summed E-state index contributed by atoms with van der Waals surface area (Å²) in [6, 6.07) is 3.92. The summed E-state index contributed by atoms with van der Waals surface area (Å²) in [5.41, 5.74) is -1.60. The van der Waals surface area contributed by atoms with Gasteiger partial charge in [-0.3, -0.25) is 4.79 Å². The molecule has 1 aromatic rings. The van der Waals surface area contributed by atoms with Gasteiger partial charge >= 0.3 is 11.9 Å². The van der Waals surface area contributed by atoms with Gasteiger partial charge in [0.2, 0.25) is 5.54 Å². The van der Waals surface area contributed by atoms with E-state index in [2.05, 4.69) is 10.2 Å². The van der Waals surface area contributed by atoms with Crippen LogP contribution in [0.25, 0.3) is 0 Å². The summed E-state index contributed by atoms with van der Waals surface area (Å²) in [4.78, 5) is 35.2. The summed E-state index contributed by atoms with van der Waals surface area (Å²) in [5, 5.41) is 16.9. The predicted molar refractivity (Wildman–Crippen MR) is 81.1 cm³/mol. The van der Waals surface area contributed by atoms with Gasteiger partial charge in [0, 0.05) is 6.42 Å². The molecule has 0 bridgehead atoms. The third-order valence-corrected chi connectivity index (χ3v) is 3.86. The van der Waals surface area contributed by atoms with E-state index in [0.717, 1.165) is 0 Å². The Morgan fingerprint density at radius 2 is 2.17 bits per heavy atom. The van der Waals surface area contributed by atoms with E-state index < -0.39 is 17.5 Å². The lowest BCUT2D eigenvalue weighted by molar-refractivity contribution is -0.152. The van der Waals surface area contributed by atoms with E-state index >= 15 is 0 Å². The number of azo groups is 1. The Balaban J connectivity index is 2.39. The fraction of sp³-hybridized carbons (Fsp3) is 0.400. The number of hydrogen-bond acceptors (Lipinski definition) is 6. The van der Waals surface area contributed by atoms with Gasteiger partial charge < -0.3 is 9.84 Å². The number of hydrogen-bond donors (Lipinski definition) is 1. The van der Waals surface area contributed by atoms with Gasteiger partial charge in [0.1, 0.15) is 5.69 Å². The molecule has 0 heterocycles. The topological polar surface area (TPSA) is 105 Å². The molecular formula is C15H15ClN2O5. The highest BCUT2D eigenvalue weighted by molar-refractivity contribution is 6.33. The van der Waals surface area contributed by atoms with Crippen molar-refractivity contribution in [3.63, 3.8) is 0 Å². The Morgan fingerprint density at radius 3 is 2.74 bits per heavy atom.